The highest BCUT2D eigenvalue weighted by atomic mass is 19.1. The first kappa shape index (κ1) is 28.7. The molecule has 4 aromatic rings. The van der Waals surface area contributed by atoms with Crippen LogP contribution in [0.25, 0.3) is 28.0 Å². The van der Waals surface area contributed by atoms with Crippen LogP contribution in [0.2, 0.25) is 0 Å². The second-order valence-corrected chi connectivity index (χ2v) is 11.8. The van der Waals surface area contributed by atoms with Crippen molar-refractivity contribution in [2.24, 2.45) is 5.92 Å². The number of amides is 1. The predicted molar refractivity (Wildman–Crippen MR) is 160 cm³/mol. The summed E-state index contributed by atoms with van der Waals surface area (Å²) < 4.78 is 32.1. The van der Waals surface area contributed by atoms with E-state index in [0.717, 1.165) is 24.6 Å². The third kappa shape index (κ3) is 4.90. The van der Waals surface area contributed by atoms with E-state index in [2.05, 4.69) is 15.0 Å². The number of benzene rings is 1. The lowest BCUT2D eigenvalue weighted by molar-refractivity contribution is -0.132. The maximum absolute atomic E-state index is 15.8. The fourth-order valence-corrected chi connectivity index (χ4v) is 6.36. The number of carbonyl (C=O) groups is 1. The lowest BCUT2D eigenvalue weighted by Gasteiger charge is -2.37. The number of aromatic hydroxyl groups is 1. The molecule has 1 atom stereocenters. The SMILES string of the molecule is Cc1ccnc(C(C)C)c1-n1c(=O)nc(N2CCC(N3CCC(C)C3=O)CC2)c2cc(F)c(-c3c(O)cccc3F)nc21. The molecule has 9 nitrogen and oxygen atoms in total. The van der Waals surface area contributed by atoms with Crippen molar-refractivity contribution in [2.45, 2.75) is 58.9 Å². The molecule has 2 aliphatic rings. The predicted octanol–water partition coefficient (Wildman–Crippen LogP) is 5.10. The number of anilines is 1. The van der Waals surface area contributed by atoms with Crippen LogP contribution in [0.3, 0.4) is 0 Å². The zero-order valence-corrected chi connectivity index (χ0v) is 24.6. The first-order valence-corrected chi connectivity index (χ1v) is 14.7. The summed E-state index contributed by atoms with van der Waals surface area (Å²) in [5.41, 5.74) is 0.493. The van der Waals surface area contributed by atoms with E-state index in [1.807, 2.05) is 37.5 Å². The number of carbonyl (C=O) groups excluding carboxylic acids is 1. The summed E-state index contributed by atoms with van der Waals surface area (Å²) in [6.07, 6.45) is 3.87. The molecule has 43 heavy (non-hydrogen) atoms. The average Bonchev–Trinajstić information content (AvgIpc) is 3.31. The molecular formula is C32H34F2N6O3. The first-order valence-electron chi connectivity index (χ1n) is 14.7. The van der Waals surface area contributed by atoms with Crippen molar-refractivity contribution in [1.29, 1.82) is 0 Å². The number of halogens is 2. The van der Waals surface area contributed by atoms with Gasteiger partial charge in [0.2, 0.25) is 5.91 Å². The Balaban J connectivity index is 1.54. The maximum Gasteiger partial charge on any atom is 0.355 e. The zero-order valence-electron chi connectivity index (χ0n) is 24.6. The van der Waals surface area contributed by atoms with Gasteiger partial charge in [-0.25, -0.2) is 23.1 Å². The van der Waals surface area contributed by atoms with Gasteiger partial charge in [0.05, 0.1) is 22.3 Å². The Bertz CT molecular complexity index is 1780. The third-order valence-electron chi connectivity index (χ3n) is 8.67. The molecule has 2 aliphatic heterocycles. The fraction of sp³-hybridized carbons (Fsp3) is 0.406. The Kier molecular flexibility index (Phi) is 7.35. The molecular weight excluding hydrogens is 554 g/mol. The van der Waals surface area contributed by atoms with Crippen LogP contribution < -0.4 is 10.6 Å². The number of pyridine rings is 2. The Hall–Kier alpha value is -4.41. The smallest absolute Gasteiger partial charge is 0.355 e. The summed E-state index contributed by atoms with van der Waals surface area (Å²) in [4.78, 5) is 44.0. The number of phenolic OH excluding ortho intramolecular Hbond substituents is 1. The third-order valence-corrected chi connectivity index (χ3v) is 8.67. The summed E-state index contributed by atoms with van der Waals surface area (Å²) in [6.45, 7) is 9.45. The van der Waals surface area contributed by atoms with Gasteiger partial charge in [-0.1, -0.05) is 26.8 Å². The van der Waals surface area contributed by atoms with Gasteiger partial charge in [-0.2, -0.15) is 4.98 Å². The minimum absolute atomic E-state index is 0.0278. The van der Waals surface area contributed by atoms with Crippen LogP contribution in [0.5, 0.6) is 5.75 Å². The van der Waals surface area contributed by atoms with Gasteiger partial charge < -0.3 is 14.9 Å². The van der Waals surface area contributed by atoms with E-state index >= 15 is 4.39 Å². The minimum Gasteiger partial charge on any atom is -0.507 e. The standard InChI is InChI=1S/C32H34F2N6O3/c1-17(2)26-28(18(3)8-12-35-26)40-30-21(16-23(34)27(36-30)25-22(33)6-5-7-24(25)41)29(37-32(40)43)38-13-10-20(11-14-38)39-15-9-19(4)31(39)42/h5-8,12,16-17,19-20,41H,9-11,13-15H2,1-4H3. The van der Waals surface area contributed by atoms with Crippen LogP contribution in [0.15, 0.2) is 41.3 Å². The lowest BCUT2D eigenvalue weighted by Crippen LogP contribution is -2.46. The number of aromatic nitrogens is 4. The van der Waals surface area contributed by atoms with Crippen LogP contribution in [0.1, 0.15) is 57.2 Å². The van der Waals surface area contributed by atoms with Gasteiger partial charge in [0.1, 0.15) is 23.1 Å². The Labute approximate surface area is 247 Å². The van der Waals surface area contributed by atoms with Crippen LogP contribution in [-0.4, -0.2) is 61.1 Å². The van der Waals surface area contributed by atoms with E-state index in [1.54, 1.807) is 12.3 Å². The molecule has 0 radical (unpaired) electrons. The number of aryl methyl sites for hydroxylation is 1. The largest absolute Gasteiger partial charge is 0.507 e. The highest BCUT2D eigenvalue weighted by Gasteiger charge is 2.36. The highest BCUT2D eigenvalue weighted by Crippen LogP contribution is 2.37. The van der Waals surface area contributed by atoms with E-state index < -0.39 is 34.3 Å². The topological polar surface area (TPSA) is 104 Å². The summed E-state index contributed by atoms with van der Waals surface area (Å²) in [5.74, 6) is -1.77. The molecule has 0 spiro atoms. The van der Waals surface area contributed by atoms with Gasteiger partial charge in [-0.15, -0.1) is 0 Å². The number of likely N-dealkylation sites (tertiary alicyclic amines) is 1. The lowest BCUT2D eigenvalue weighted by atomic mass is 10.0. The fourth-order valence-electron chi connectivity index (χ4n) is 6.36. The summed E-state index contributed by atoms with van der Waals surface area (Å²) >= 11 is 0. The molecule has 11 heteroatoms. The molecule has 2 saturated heterocycles. The minimum atomic E-state index is -0.861. The van der Waals surface area contributed by atoms with Gasteiger partial charge in [-0.3, -0.25) is 9.78 Å². The molecule has 0 bridgehead atoms. The summed E-state index contributed by atoms with van der Waals surface area (Å²) in [5, 5.41) is 10.8. The van der Waals surface area contributed by atoms with Crippen LogP contribution >= 0.6 is 0 Å². The van der Waals surface area contributed by atoms with Crippen molar-refractivity contribution in [3.8, 4) is 22.7 Å². The molecule has 224 valence electrons. The number of hydrogen-bond donors (Lipinski definition) is 1. The molecule has 6 rings (SSSR count). The second-order valence-electron chi connectivity index (χ2n) is 11.8. The molecule has 0 saturated carbocycles. The van der Waals surface area contributed by atoms with E-state index in [4.69, 9.17) is 0 Å². The van der Waals surface area contributed by atoms with Crippen molar-refractivity contribution in [3.63, 3.8) is 0 Å². The maximum atomic E-state index is 15.8. The second kappa shape index (κ2) is 11.0. The first-order chi connectivity index (χ1) is 20.6. The number of nitrogens with zero attached hydrogens (tertiary/aromatic N) is 6. The number of fused-ring (bicyclic) bond motifs is 1. The molecule has 3 aromatic heterocycles. The molecule has 5 heterocycles. The molecule has 1 amide bonds. The van der Waals surface area contributed by atoms with Crippen LogP contribution in [-0.2, 0) is 4.79 Å². The number of rotatable bonds is 5. The van der Waals surface area contributed by atoms with Gasteiger partial charge >= 0.3 is 5.69 Å². The quantitative estimate of drug-likeness (QED) is 0.346. The van der Waals surface area contributed by atoms with Crippen molar-refractivity contribution < 1.29 is 18.7 Å². The number of piperidine rings is 1. The van der Waals surface area contributed by atoms with E-state index in [0.29, 0.717) is 37.3 Å². The van der Waals surface area contributed by atoms with E-state index in [-0.39, 0.29) is 40.6 Å². The molecule has 1 aromatic carbocycles. The number of hydrogen-bond acceptors (Lipinski definition) is 7. The van der Waals surface area contributed by atoms with Gasteiger partial charge in [0.15, 0.2) is 11.5 Å². The number of phenols is 1. The van der Waals surface area contributed by atoms with Gasteiger partial charge in [-0.05, 0) is 61.9 Å². The van der Waals surface area contributed by atoms with Crippen molar-refractivity contribution in [2.75, 3.05) is 24.5 Å². The Morgan fingerprint density at radius 2 is 1.74 bits per heavy atom. The molecule has 1 unspecified atom stereocenters. The zero-order chi connectivity index (χ0) is 30.6. The summed E-state index contributed by atoms with van der Waals surface area (Å²) in [7, 11) is 0. The average molecular weight is 589 g/mol. The normalized spacial score (nSPS) is 17.9. The molecule has 0 aliphatic carbocycles. The van der Waals surface area contributed by atoms with Crippen molar-refractivity contribution in [1.82, 2.24) is 24.4 Å². The van der Waals surface area contributed by atoms with Crippen molar-refractivity contribution in [3.05, 3.63) is 69.9 Å². The van der Waals surface area contributed by atoms with Crippen LogP contribution in [0.4, 0.5) is 14.6 Å². The molecule has 1 N–H and O–H groups in total. The summed E-state index contributed by atoms with van der Waals surface area (Å²) in [6, 6.07) is 6.76. The van der Waals surface area contributed by atoms with Gasteiger partial charge in [0.25, 0.3) is 0 Å². The van der Waals surface area contributed by atoms with Gasteiger partial charge in [0, 0.05) is 37.8 Å². The van der Waals surface area contributed by atoms with Crippen molar-refractivity contribution >= 4 is 22.8 Å². The molecule has 2 fully saturated rings. The van der Waals surface area contributed by atoms with Crippen LogP contribution in [0, 0.1) is 24.5 Å². The monoisotopic (exact) mass is 588 g/mol. The van der Waals surface area contributed by atoms with E-state index in [1.165, 1.54) is 22.8 Å². The van der Waals surface area contributed by atoms with E-state index in [9.17, 15) is 19.1 Å². The highest BCUT2D eigenvalue weighted by molar-refractivity contribution is 5.91. The Morgan fingerprint density at radius 1 is 1.00 bits per heavy atom. The Morgan fingerprint density at radius 3 is 2.40 bits per heavy atom.